The van der Waals surface area contributed by atoms with Crippen molar-refractivity contribution in [3.8, 4) is 0 Å². The average Bonchev–Trinajstić information content (AvgIpc) is 2.40. The molecule has 0 spiro atoms. The number of rotatable bonds is 8. The maximum absolute atomic E-state index is 11.9. The second-order valence-corrected chi connectivity index (χ2v) is 5.87. The van der Waals surface area contributed by atoms with Gasteiger partial charge >= 0.3 is 0 Å². The van der Waals surface area contributed by atoms with Crippen LogP contribution in [0.1, 0.15) is 26.7 Å². The van der Waals surface area contributed by atoms with Crippen LogP contribution in [0.3, 0.4) is 0 Å². The van der Waals surface area contributed by atoms with Gasteiger partial charge in [-0.15, -0.1) is 0 Å². The molecule has 0 aliphatic carbocycles. The van der Waals surface area contributed by atoms with Crippen LogP contribution in [0.25, 0.3) is 0 Å². The molecule has 0 radical (unpaired) electrons. The van der Waals surface area contributed by atoms with E-state index in [1.54, 1.807) is 0 Å². The fourth-order valence-electron chi connectivity index (χ4n) is 1.80. The standard InChI is InChI=1S/C15H22BrN3O2/c1-11(17-8-3-9-18-12(2)20)10-15(21)19-14-6-4-13(16)5-7-14/h4-7,11,17H,3,8-10H2,1-2H3,(H,18,20)(H,19,21). The van der Waals surface area contributed by atoms with Crippen LogP contribution in [0.5, 0.6) is 0 Å². The fraction of sp³-hybridized carbons (Fsp3) is 0.467. The van der Waals surface area contributed by atoms with Crippen molar-refractivity contribution in [2.75, 3.05) is 18.4 Å². The summed E-state index contributed by atoms with van der Waals surface area (Å²) in [6, 6.07) is 7.58. The van der Waals surface area contributed by atoms with Gasteiger partial charge in [-0.25, -0.2) is 0 Å². The fourth-order valence-corrected chi connectivity index (χ4v) is 2.06. The summed E-state index contributed by atoms with van der Waals surface area (Å²) in [5, 5.41) is 8.86. The first-order chi connectivity index (χ1) is 9.97. The molecule has 0 heterocycles. The average molecular weight is 356 g/mol. The highest BCUT2D eigenvalue weighted by molar-refractivity contribution is 9.10. The number of hydrogen-bond donors (Lipinski definition) is 3. The van der Waals surface area contributed by atoms with Crippen molar-refractivity contribution in [3.05, 3.63) is 28.7 Å². The number of halogens is 1. The van der Waals surface area contributed by atoms with Crippen LogP contribution in [0.4, 0.5) is 5.69 Å². The Labute approximate surface area is 134 Å². The Bertz CT molecular complexity index is 462. The molecule has 1 aromatic rings. The quantitative estimate of drug-likeness (QED) is 0.626. The molecule has 0 fully saturated rings. The van der Waals surface area contributed by atoms with Gasteiger partial charge in [0.2, 0.25) is 11.8 Å². The molecule has 2 amide bonds. The van der Waals surface area contributed by atoms with Gasteiger partial charge in [-0.05, 0) is 44.2 Å². The van der Waals surface area contributed by atoms with Gasteiger partial charge in [0.15, 0.2) is 0 Å². The molecule has 0 saturated carbocycles. The first-order valence-electron chi connectivity index (χ1n) is 7.00. The molecule has 0 aromatic heterocycles. The zero-order valence-corrected chi connectivity index (χ0v) is 14.0. The minimum atomic E-state index is -0.0167. The lowest BCUT2D eigenvalue weighted by molar-refractivity contribution is -0.119. The predicted molar refractivity (Wildman–Crippen MR) is 88.2 cm³/mol. The third kappa shape index (κ3) is 8.47. The number of anilines is 1. The van der Waals surface area contributed by atoms with E-state index < -0.39 is 0 Å². The SMILES string of the molecule is CC(=O)NCCCNC(C)CC(=O)Nc1ccc(Br)cc1. The largest absolute Gasteiger partial charge is 0.356 e. The van der Waals surface area contributed by atoms with Gasteiger partial charge in [0.1, 0.15) is 0 Å². The van der Waals surface area contributed by atoms with Gasteiger partial charge in [0, 0.05) is 36.1 Å². The molecule has 1 aromatic carbocycles. The molecule has 21 heavy (non-hydrogen) atoms. The Hall–Kier alpha value is -1.40. The monoisotopic (exact) mass is 355 g/mol. The molecular formula is C15H22BrN3O2. The Morgan fingerprint density at radius 3 is 2.48 bits per heavy atom. The van der Waals surface area contributed by atoms with Crippen LogP contribution in [0.15, 0.2) is 28.7 Å². The summed E-state index contributed by atoms with van der Waals surface area (Å²) in [5.41, 5.74) is 0.793. The molecule has 0 saturated heterocycles. The second kappa shape index (κ2) is 9.52. The van der Waals surface area contributed by atoms with E-state index in [0.717, 1.165) is 23.1 Å². The van der Waals surface area contributed by atoms with E-state index in [2.05, 4.69) is 31.9 Å². The van der Waals surface area contributed by atoms with E-state index in [1.165, 1.54) is 6.92 Å². The van der Waals surface area contributed by atoms with E-state index in [4.69, 9.17) is 0 Å². The number of carbonyl (C=O) groups is 2. The molecule has 1 rings (SSSR count). The van der Waals surface area contributed by atoms with Gasteiger partial charge in [-0.3, -0.25) is 9.59 Å². The molecule has 116 valence electrons. The normalized spacial score (nSPS) is 11.8. The van der Waals surface area contributed by atoms with Gasteiger partial charge in [0.25, 0.3) is 0 Å². The van der Waals surface area contributed by atoms with E-state index in [9.17, 15) is 9.59 Å². The van der Waals surface area contributed by atoms with Gasteiger partial charge in [-0.2, -0.15) is 0 Å². The van der Waals surface area contributed by atoms with E-state index in [0.29, 0.717) is 13.0 Å². The van der Waals surface area contributed by atoms with Crippen molar-refractivity contribution in [1.29, 1.82) is 0 Å². The smallest absolute Gasteiger partial charge is 0.225 e. The summed E-state index contributed by atoms with van der Waals surface area (Å²) in [4.78, 5) is 22.6. The Morgan fingerprint density at radius 1 is 1.19 bits per heavy atom. The summed E-state index contributed by atoms with van der Waals surface area (Å²) >= 11 is 3.35. The second-order valence-electron chi connectivity index (χ2n) is 4.95. The Kier molecular flexibility index (Phi) is 8.00. The highest BCUT2D eigenvalue weighted by atomic mass is 79.9. The highest BCUT2D eigenvalue weighted by Crippen LogP contribution is 2.14. The molecule has 0 aliphatic rings. The number of carbonyl (C=O) groups excluding carboxylic acids is 2. The first kappa shape index (κ1) is 17.7. The van der Waals surface area contributed by atoms with Crippen molar-refractivity contribution in [1.82, 2.24) is 10.6 Å². The molecule has 1 atom stereocenters. The lowest BCUT2D eigenvalue weighted by Gasteiger charge is -2.14. The molecule has 5 nitrogen and oxygen atoms in total. The Balaban J connectivity index is 2.18. The maximum atomic E-state index is 11.9. The van der Waals surface area contributed by atoms with Crippen molar-refractivity contribution >= 4 is 33.4 Å². The van der Waals surface area contributed by atoms with Crippen LogP contribution in [0, 0.1) is 0 Å². The number of nitrogens with one attached hydrogen (secondary N) is 3. The Morgan fingerprint density at radius 2 is 1.86 bits per heavy atom. The highest BCUT2D eigenvalue weighted by Gasteiger charge is 2.08. The minimum Gasteiger partial charge on any atom is -0.356 e. The van der Waals surface area contributed by atoms with E-state index >= 15 is 0 Å². The molecule has 0 bridgehead atoms. The van der Waals surface area contributed by atoms with Gasteiger partial charge in [0.05, 0.1) is 0 Å². The number of amides is 2. The lowest BCUT2D eigenvalue weighted by Crippen LogP contribution is -2.33. The van der Waals surface area contributed by atoms with Crippen LogP contribution < -0.4 is 16.0 Å². The van der Waals surface area contributed by atoms with Gasteiger partial charge < -0.3 is 16.0 Å². The van der Waals surface area contributed by atoms with Crippen molar-refractivity contribution in [2.24, 2.45) is 0 Å². The molecule has 3 N–H and O–H groups in total. The maximum Gasteiger partial charge on any atom is 0.225 e. The topological polar surface area (TPSA) is 70.2 Å². The van der Waals surface area contributed by atoms with E-state index in [-0.39, 0.29) is 17.9 Å². The first-order valence-corrected chi connectivity index (χ1v) is 7.80. The summed E-state index contributed by atoms with van der Waals surface area (Å²) in [5.74, 6) is -0.0314. The minimum absolute atomic E-state index is 0.0146. The third-order valence-electron chi connectivity index (χ3n) is 2.84. The number of benzene rings is 1. The van der Waals surface area contributed by atoms with Crippen LogP contribution in [-0.2, 0) is 9.59 Å². The zero-order valence-electron chi connectivity index (χ0n) is 12.4. The third-order valence-corrected chi connectivity index (χ3v) is 3.37. The zero-order chi connectivity index (χ0) is 15.7. The van der Waals surface area contributed by atoms with Gasteiger partial charge in [-0.1, -0.05) is 15.9 Å². The molecule has 1 unspecified atom stereocenters. The molecule has 6 heteroatoms. The number of hydrogen-bond acceptors (Lipinski definition) is 3. The van der Waals surface area contributed by atoms with E-state index in [1.807, 2.05) is 31.2 Å². The predicted octanol–water partition coefficient (Wildman–Crippen LogP) is 2.28. The summed E-state index contributed by atoms with van der Waals surface area (Å²) < 4.78 is 0.981. The lowest BCUT2D eigenvalue weighted by atomic mass is 10.2. The van der Waals surface area contributed by atoms with Crippen LogP contribution in [0.2, 0.25) is 0 Å². The molecule has 0 aliphatic heterocycles. The van der Waals surface area contributed by atoms with Crippen molar-refractivity contribution < 1.29 is 9.59 Å². The summed E-state index contributed by atoms with van der Waals surface area (Å²) in [7, 11) is 0. The van der Waals surface area contributed by atoms with Crippen molar-refractivity contribution in [3.63, 3.8) is 0 Å². The summed E-state index contributed by atoms with van der Waals surface area (Å²) in [6.45, 7) is 4.90. The van der Waals surface area contributed by atoms with Crippen LogP contribution >= 0.6 is 15.9 Å². The molecular weight excluding hydrogens is 334 g/mol. The van der Waals surface area contributed by atoms with Crippen molar-refractivity contribution in [2.45, 2.75) is 32.7 Å². The van der Waals surface area contributed by atoms with Crippen LogP contribution in [-0.4, -0.2) is 30.9 Å². The summed E-state index contributed by atoms with van der Waals surface area (Å²) in [6.07, 6.45) is 1.26.